The summed E-state index contributed by atoms with van der Waals surface area (Å²) >= 11 is 0. The highest BCUT2D eigenvalue weighted by molar-refractivity contribution is 7.89. The van der Waals surface area contributed by atoms with E-state index in [1.807, 2.05) is 30.3 Å². The highest BCUT2D eigenvalue weighted by Crippen LogP contribution is 2.51. The Morgan fingerprint density at radius 3 is 2.64 bits per heavy atom. The van der Waals surface area contributed by atoms with Crippen LogP contribution in [0.2, 0.25) is 0 Å². The van der Waals surface area contributed by atoms with E-state index in [0.29, 0.717) is 35.6 Å². The second-order valence-corrected chi connectivity index (χ2v) is 12.3. The first-order valence-corrected chi connectivity index (χ1v) is 14.8. The van der Waals surface area contributed by atoms with Crippen LogP contribution in [0.3, 0.4) is 0 Å². The lowest BCUT2D eigenvalue weighted by Crippen LogP contribution is -2.31. The highest BCUT2D eigenvalue weighted by atomic mass is 32.2. The molecule has 0 radical (unpaired) electrons. The zero-order valence-electron chi connectivity index (χ0n) is 21.9. The van der Waals surface area contributed by atoms with Crippen molar-refractivity contribution in [3.05, 3.63) is 66.2 Å². The Balaban J connectivity index is 0.00000323. The van der Waals surface area contributed by atoms with Gasteiger partial charge in [-0.05, 0) is 87.7 Å². The van der Waals surface area contributed by atoms with E-state index in [0.717, 1.165) is 49.8 Å². The fraction of sp³-hybridized carbons (Fsp3) is 0.379. The van der Waals surface area contributed by atoms with E-state index >= 15 is 0 Å². The molecule has 3 aliphatic rings. The number of amides is 1. The molecule has 1 aromatic heterocycles. The molecular weight excluding hydrogens is 516 g/mol. The van der Waals surface area contributed by atoms with Crippen LogP contribution >= 0.6 is 0 Å². The van der Waals surface area contributed by atoms with Gasteiger partial charge < -0.3 is 19.7 Å². The van der Waals surface area contributed by atoms with E-state index in [4.69, 9.17) is 9.47 Å². The smallest absolute Gasteiger partial charge is 0.240 e. The molecule has 3 aromatic rings. The number of rotatable bonds is 9. The zero-order chi connectivity index (χ0) is 27.0. The summed E-state index contributed by atoms with van der Waals surface area (Å²) in [4.78, 5) is 20.4. The van der Waals surface area contributed by atoms with Crippen LogP contribution in [0, 0.1) is 0 Å². The molecule has 6 rings (SSSR count). The second kappa shape index (κ2) is 10.3. The fourth-order valence-electron chi connectivity index (χ4n) is 5.46. The Morgan fingerprint density at radius 1 is 1.10 bits per heavy atom. The van der Waals surface area contributed by atoms with Gasteiger partial charge in [0.1, 0.15) is 5.82 Å². The Labute approximate surface area is 230 Å². The summed E-state index contributed by atoms with van der Waals surface area (Å²) < 4.78 is 39.2. The number of carbonyl (C=O) groups excluding carboxylic acids is 1. The zero-order valence-corrected chi connectivity index (χ0v) is 22.7. The number of ether oxygens (including phenoxy) is 2. The van der Waals surface area contributed by atoms with Gasteiger partial charge in [0, 0.05) is 19.6 Å². The molecule has 206 valence electrons. The minimum absolute atomic E-state index is 0. The molecule has 0 bridgehead atoms. The maximum atomic E-state index is 13.3. The Bertz CT molecular complexity index is 1490. The van der Waals surface area contributed by atoms with Gasteiger partial charge in [0.25, 0.3) is 0 Å². The first kappa shape index (κ1) is 25.8. The van der Waals surface area contributed by atoms with Gasteiger partial charge in [0.15, 0.2) is 11.5 Å². The quantitative estimate of drug-likeness (QED) is 0.412. The van der Waals surface area contributed by atoms with Crippen molar-refractivity contribution in [2.24, 2.45) is 0 Å². The minimum Gasteiger partial charge on any atom is -0.454 e. The predicted molar refractivity (Wildman–Crippen MR) is 149 cm³/mol. The van der Waals surface area contributed by atoms with E-state index in [1.54, 1.807) is 30.3 Å². The number of nitrogens with one attached hydrogen (secondary N) is 2. The van der Waals surface area contributed by atoms with Gasteiger partial charge in [0.2, 0.25) is 22.7 Å². The summed E-state index contributed by atoms with van der Waals surface area (Å²) in [6.45, 7) is 1.67. The molecule has 2 N–H and O–H groups in total. The first-order valence-electron chi connectivity index (χ1n) is 13.3. The first-order chi connectivity index (χ1) is 18.8. The molecule has 1 atom stereocenters. The summed E-state index contributed by atoms with van der Waals surface area (Å²) in [5.74, 6) is 1.69. The molecule has 1 aliphatic carbocycles. The third-order valence-corrected chi connectivity index (χ3v) is 9.48. The van der Waals surface area contributed by atoms with Crippen molar-refractivity contribution >= 4 is 21.7 Å². The van der Waals surface area contributed by atoms with Gasteiger partial charge in [-0.25, -0.2) is 18.1 Å². The lowest BCUT2D eigenvalue weighted by Gasteiger charge is -2.19. The molecule has 10 heteroatoms. The molecule has 3 heterocycles. The molecular formula is C29H34N4O5S. The van der Waals surface area contributed by atoms with Crippen LogP contribution in [0.4, 0.5) is 5.82 Å². The molecule has 0 spiro atoms. The monoisotopic (exact) mass is 550 g/mol. The molecule has 1 saturated carbocycles. The van der Waals surface area contributed by atoms with E-state index in [1.165, 1.54) is 0 Å². The summed E-state index contributed by atoms with van der Waals surface area (Å²) in [7, 11) is -1.51. The SMILES string of the molecule is CN1CCCC1CCNS(=O)(=O)c1ccc(-c2cccc(NC(=O)C3(c4ccc5c(c4)OCO5)CC3)n2)cc1.[HH]. The summed E-state index contributed by atoms with van der Waals surface area (Å²) in [6.07, 6.45) is 4.57. The van der Waals surface area contributed by atoms with Crippen molar-refractivity contribution in [1.82, 2.24) is 14.6 Å². The summed E-state index contributed by atoms with van der Waals surface area (Å²) in [5, 5.41) is 2.97. The van der Waals surface area contributed by atoms with E-state index in [2.05, 4.69) is 27.0 Å². The Hall–Kier alpha value is -3.47. The molecule has 39 heavy (non-hydrogen) atoms. The van der Waals surface area contributed by atoms with Crippen molar-refractivity contribution in [3.63, 3.8) is 0 Å². The molecule has 1 saturated heterocycles. The van der Waals surface area contributed by atoms with E-state index < -0.39 is 15.4 Å². The molecule has 2 fully saturated rings. The third-order valence-electron chi connectivity index (χ3n) is 8.00. The number of likely N-dealkylation sites (tertiary alicyclic amines) is 1. The Kier molecular flexibility index (Phi) is 6.78. The van der Waals surface area contributed by atoms with Crippen LogP contribution in [-0.2, 0) is 20.2 Å². The van der Waals surface area contributed by atoms with Crippen LogP contribution in [0.5, 0.6) is 11.5 Å². The van der Waals surface area contributed by atoms with Gasteiger partial charge in [0.05, 0.1) is 16.0 Å². The van der Waals surface area contributed by atoms with Gasteiger partial charge in [-0.3, -0.25) is 4.79 Å². The van der Waals surface area contributed by atoms with Crippen LogP contribution in [0.25, 0.3) is 11.3 Å². The summed E-state index contributed by atoms with van der Waals surface area (Å²) in [6, 6.07) is 18.1. The molecule has 1 unspecified atom stereocenters. The number of hydrogen-bond acceptors (Lipinski definition) is 7. The Morgan fingerprint density at radius 2 is 1.90 bits per heavy atom. The highest BCUT2D eigenvalue weighted by Gasteiger charge is 2.51. The van der Waals surface area contributed by atoms with Gasteiger partial charge in [-0.2, -0.15) is 0 Å². The van der Waals surface area contributed by atoms with Crippen molar-refractivity contribution in [2.45, 2.75) is 48.5 Å². The standard InChI is InChI=1S/C29H32N4O5S.H2/c1-33-17-3-4-22(33)13-16-30-39(35,36)23-10-7-20(8-11-23)24-5-2-6-27(31-24)32-28(34)29(14-15-29)21-9-12-25-26(18-21)38-19-37-25;/h2,5-12,18,22,30H,3-4,13-17,19H2,1H3,(H,31,32,34);1H. The predicted octanol–water partition coefficient (Wildman–Crippen LogP) is 4.16. The second-order valence-electron chi connectivity index (χ2n) is 10.5. The largest absolute Gasteiger partial charge is 0.454 e. The maximum absolute atomic E-state index is 13.3. The number of hydrogen-bond donors (Lipinski definition) is 2. The number of nitrogens with zero attached hydrogens (tertiary/aromatic N) is 2. The number of carbonyl (C=O) groups is 1. The van der Waals surface area contributed by atoms with Crippen molar-refractivity contribution in [3.8, 4) is 22.8 Å². The number of anilines is 1. The van der Waals surface area contributed by atoms with Gasteiger partial charge in [-0.15, -0.1) is 0 Å². The van der Waals surface area contributed by atoms with E-state index in [9.17, 15) is 13.2 Å². The topological polar surface area (TPSA) is 110 Å². The van der Waals surface area contributed by atoms with Gasteiger partial charge in [-0.1, -0.05) is 24.3 Å². The molecule has 2 aromatic carbocycles. The van der Waals surface area contributed by atoms with Gasteiger partial charge >= 0.3 is 0 Å². The number of sulfonamides is 1. The molecule has 2 aliphatic heterocycles. The van der Waals surface area contributed by atoms with Crippen LogP contribution in [-0.4, -0.2) is 57.2 Å². The molecule has 1 amide bonds. The number of pyridine rings is 1. The summed E-state index contributed by atoms with van der Waals surface area (Å²) in [5.41, 5.74) is 1.70. The van der Waals surface area contributed by atoms with Crippen molar-refractivity contribution < 1.29 is 24.1 Å². The lowest BCUT2D eigenvalue weighted by atomic mass is 9.94. The fourth-order valence-corrected chi connectivity index (χ4v) is 6.51. The van der Waals surface area contributed by atoms with Crippen LogP contribution in [0.1, 0.15) is 39.1 Å². The number of aromatic nitrogens is 1. The average molecular weight is 551 g/mol. The van der Waals surface area contributed by atoms with Crippen LogP contribution in [0.15, 0.2) is 65.6 Å². The number of benzene rings is 2. The molecule has 9 nitrogen and oxygen atoms in total. The maximum Gasteiger partial charge on any atom is 0.240 e. The average Bonchev–Trinajstić information content (AvgIpc) is 3.45. The lowest BCUT2D eigenvalue weighted by molar-refractivity contribution is -0.118. The minimum atomic E-state index is -3.59. The van der Waals surface area contributed by atoms with E-state index in [-0.39, 0.29) is 19.0 Å². The van der Waals surface area contributed by atoms with Crippen LogP contribution < -0.4 is 19.5 Å². The third kappa shape index (κ3) is 5.24. The van der Waals surface area contributed by atoms with Crippen molar-refractivity contribution in [1.29, 1.82) is 0 Å². The number of fused-ring (bicyclic) bond motifs is 1. The van der Waals surface area contributed by atoms with Crippen molar-refractivity contribution in [2.75, 3.05) is 32.2 Å². The normalized spacial score (nSPS) is 19.7.